The monoisotopic (exact) mass is 287 g/mol. The number of nitrogens with zero attached hydrogens (tertiary/aromatic N) is 2. The molecule has 0 radical (unpaired) electrons. The number of hydrogen-bond donors (Lipinski definition) is 1. The summed E-state index contributed by atoms with van der Waals surface area (Å²) in [6, 6.07) is 10.5. The highest BCUT2D eigenvalue weighted by atomic mass is 16.5. The van der Waals surface area contributed by atoms with Crippen molar-refractivity contribution >= 4 is 17.1 Å². The lowest BCUT2D eigenvalue weighted by molar-refractivity contribution is 0.395. The Morgan fingerprint density at radius 2 is 1.33 bits per heavy atom. The number of methoxy groups -OCH3 is 3. The van der Waals surface area contributed by atoms with Crippen LogP contribution in [-0.2, 0) is 0 Å². The number of nitrogen functional groups attached to an aromatic ring is 1. The van der Waals surface area contributed by atoms with Gasteiger partial charge in [-0.25, -0.2) is 0 Å². The summed E-state index contributed by atoms with van der Waals surface area (Å²) in [7, 11) is 4.72. The van der Waals surface area contributed by atoms with Crippen molar-refractivity contribution < 1.29 is 14.2 Å². The quantitative estimate of drug-likeness (QED) is 0.671. The maximum atomic E-state index is 5.70. The molecule has 6 nitrogen and oxygen atoms in total. The average molecular weight is 287 g/mol. The molecule has 0 unspecified atom stereocenters. The Balaban J connectivity index is 2.33. The predicted molar refractivity (Wildman–Crippen MR) is 81.1 cm³/mol. The summed E-state index contributed by atoms with van der Waals surface area (Å²) in [4.78, 5) is 0. The van der Waals surface area contributed by atoms with Crippen molar-refractivity contribution in [1.29, 1.82) is 0 Å². The molecular weight excluding hydrogens is 270 g/mol. The fourth-order valence-electron chi connectivity index (χ4n) is 1.75. The van der Waals surface area contributed by atoms with E-state index in [9.17, 15) is 0 Å². The van der Waals surface area contributed by atoms with E-state index in [-0.39, 0.29) is 0 Å². The van der Waals surface area contributed by atoms with Gasteiger partial charge in [0, 0.05) is 17.8 Å². The summed E-state index contributed by atoms with van der Waals surface area (Å²) >= 11 is 0. The molecule has 0 saturated heterocycles. The van der Waals surface area contributed by atoms with Gasteiger partial charge in [-0.05, 0) is 24.3 Å². The van der Waals surface area contributed by atoms with E-state index in [2.05, 4.69) is 10.2 Å². The van der Waals surface area contributed by atoms with Gasteiger partial charge in [-0.2, -0.15) is 0 Å². The van der Waals surface area contributed by atoms with Gasteiger partial charge in [0.25, 0.3) is 0 Å². The molecule has 2 aromatic carbocycles. The Kier molecular flexibility index (Phi) is 4.61. The highest BCUT2D eigenvalue weighted by Crippen LogP contribution is 2.35. The van der Waals surface area contributed by atoms with Crippen LogP contribution in [0, 0.1) is 0 Å². The molecule has 2 aromatic rings. The Morgan fingerprint density at radius 1 is 0.762 bits per heavy atom. The number of rotatable bonds is 5. The minimum Gasteiger partial charge on any atom is -0.497 e. The Hall–Kier alpha value is -2.76. The number of anilines is 1. The van der Waals surface area contributed by atoms with Crippen molar-refractivity contribution in [3.8, 4) is 17.2 Å². The van der Waals surface area contributed by atoms with Gasteiger partial charge in [-0.15, -0.1) is 10.2 Å². The van der Waals surface area contributed by atoms with Crippen molar-refractivity contribution in [1.82, 2.24) is 0 Å². The molecule has 0 atom stereocenters. The van der Waals surface area contributed by atoms with E-state index in [1.165, 1.54) is 0 Å². The molecule has 0 aliphatic rings. The molecule has 0 spiro atoms. The molecule has 21 heavy (non-hydrogen) atoms. The van der Waals surface area contributed by atoms with E-state index in [0.29, 0.717) is 34.3 Å². The molecule has 0 fully saturated rings. The van der Waals surface area contributed by atoms with Gasteiger partial charge in [0.2, 0.25) is 0 Å². The van der Waals surface area contributed by atoms with Crippen molar-refractivity contribution in [2.75, 3.05) is 27.1 Å². The van der Waals surface area contributed by atoms with Crippen molar-refractivity contribution in [3.63, 3.8) is 0 Å². The maximum Gasteiger partial charge on any atom is 0.150 e. The SMILES string of the molecule is COc1ccc(N=Nc2ccc(N)cc2OC)c(OC)c1. The third-order valence-corrected chi connectivity index (χ3v) is 2.86. The summed E-state index contributed by atoms with van der Waals surface area (Å²) in [5, 5.41) is 8.36. The first-order chi connectivity index (χ1) is 10.2. The van der Waals surface area contributed by atoms with Crippen LogP contribution in [0.5, 0.6) is 17.2 Å². The minimum atomic E-state index is 0.561. The average Bonchev–Trinajstić information content (AvgIpc) is 2.53. The minimum absolute atomic E-state index is 0.561. The highest BCUT2D eigenvalue weighted by molar-refractivity contribution is 5.60. The van der Waals surface area contributed by atoms with Crippen LogP contribution in [0.25, 0.3) is 0 Å². The number of hydrogen-bond acceptors (Lipinski definition) is 6. The number of ether oxygens (including phenoxy) is 3. The zero-order valence-electron chi connectivity index (χ0n) is 12.2. The molecule has 0 bridgehead atoms. The van der Waals surface area contributed by atoms with Crippen LogP contribution < -0.4 is 19.9 Å². The van der Waals surface area contributed by atoms with E-state index in [0.717, 1.165) is 0 Å². The molecule has 2 rings (SSSR count). The van der Waals surface area contributed by atoms with Gasteiger partial charge >= 0.3 is 0 Å². The van der Waals surface area contributed by atoms with E-state index in [4.69, 9.17) is 19.9 Å². The van der Waals surface area contributed by atoms with Crippen molar-refractivity contribution in [3.05, 3.63) is 36.4 Å². The maximum absolute atomic E-state index is 5.70. The molecule has 0 amide bonds. The Labute approximate surface area is 123 Å². The standard InChI is InChI=1S/C15H17N3O3/c1-19-11-5-7-13(15(9-11)21-3)18-17-12-6-4-10(16)8-14(12)20-2/h4-9H,16H2,1-3H3. The summed E-state index contributed by atoms with van der Waals surface area (Å²) in [5.74, 6) is 1.83. The van der Waals surface area contributed by atoms with Gasteiger partial charge in [-0.1, -0.05) is 0 Å². The van der Waals surface area contributed by atoms with E-state index in [1.54, 1.807) is 57.7 Å². The highest BCUT2D eigenvalue weighted by Gasteiger charge is 2.06. The van der Waals surface area contributed by atoms with Crippen molar-refractivity contribution in [2.24, 2.45) is 10.2 Å². The number of azo groups is 1. The van der Waals surface area contributed by atoms with Gasteiger partial charge in [0.15, 0.2) is 0 Å². The molecule has 0 aliphatic carbocycles. The van der Waals surface area contributed by atoms with Gasteiger partial charge in [0.05, 0.1) is 21.3 Å². The van der Waals surface area contributed by atoms with Crippen LogP contribution in [-0.4, -0.2) is 21.3 Å². The van der Waals surface area contributed by atoms with Crippen LogP contribution in [0.15, 0.2) is 46.6 Å². The smallest absolute Gasteiger partial charge is 0.150 e. The normalized spacial score (nSPS) is 10.6. The molecular formula is C15H17N3O3. The van der Waals surface area contributed by atoms with E-state index < -0.39 is 0 Å². The van der Waals surface area contributed by atoms with Crippen LogP contribution >= 0.6 is 0 Å². The second-order valence-electron chi connectivity index (χ2n) is 4.17. The molecule has 110 valence electrons. The van der Waals surface area contributed by atoms with Gasteiger partial charge in [-0.3, -0.25) is 0 Å². The van der Waals surface area contributed by atoms with Crippen LogP contribution in [0.3, 0.4) is 0 Å². The summed E-state index contributed by atoms with van der Waals surface area (Å²) in [6.07, 6.45) is 0. The van der Waals surface area contributed by atoms with Crippen LogP contribution in [0.1, 0.15) is 0 Å². The third kappa shape index (κ3) is 3.42. The number of nitrogens with two attached hydrogens (primary N) is 1. The first-order valence-electron chi connectivity index (χ1n) is 6.25. The molecule has 0 saturated carbocycles. The van der Waals surface area contributed by atoms with Crippen LogP contribution in [0.4, 0.5) is 17.1 Å². The zero-order chi connectivity index (χ0) is 15.2. The second kappa shape index (κ2) is 6.60. The number of benzene rings is 2. The lowest BCUT2D eigenvalue weighted by Crippen LogP contribution is -1.88. The third-order valence-electron chi connectivity index (χ3n) is 2.86. The summed E-state index contributed by atoms with van der Waals surface area (Å²) in [5.41, 5.74) is 7.49. The summed E-state index contributed by atoms with van der Waals surface area (Å²) in [6.45, 7) is 0. The molecule has 0 aromatic heterocycles. The first kappa shape index (κ1) is 14.6. The van der Waals surface area contributed by atoms with Crippen LogP contribution in [0.2, 0.25) is 0 Å². The predicted octanol–water partition coefficient (Wildman–Crippen LogP) is 3.71. The Morgan fingerprint density at radius 3 is 1.90 bits per heavy atom. The molecule has 0 heterocycles. The van der Waals surface area contributed by atoms with Gasteiger partial charge < -0.3 is 19.9 Å². The van der Waals surface area contributed by atoms with E-state index in [1.807, 2.05) is 0 Å². The fourth-order valence-corrected chi connectivity index (χ4v) is 1.75. The largest absolute Gasteiger partial charge is 0.497 e. The topological polar surface area (TPSA) is 78.4 Å². The summed E-state index contributed by atoms with van der Waals surface area (Å²) < 4.78 is 15.6. The first-order valence-corrected chi connectivity index (χ1v) is 6.25. The van der Waals surface area contributed by atoms with E-state index >= 15 is 0 Å². The molecule has 6 heteroatoms. The van der Waals surface area contributed by atoms with Gasteiger partial charge in [0.1, 0.15) is 28.6 Å². The molecule has 0 aliphatic heterocycles. The fraction of sp³-hybridized carbons (Fsp3) is 0.200. The molecule has 2 N–H and O–H groups in total. The van der Waals surface area contributed by atoms with Crippen molar-refractivity contribution in [2.45, 2.75) is 0 Å². The lowest BCUT2D eigenvalue weighted by Gasteiger charge is -2.07. The lowest BCUT2D eigenvalue weighted by atomic mass is 10.2. The second-order valence-corrected chi connectivity index (χ2v) is 4.17. The zero-order valence-corrected chi connectivity index (χ0v) is 12.2. The Bertz CT molecular complexity index is 657.